The zero-order chi connectivity index (χ0) is 14.3. The summed E-state index contributed by atoms with van der Waals surface area (Å²) in [4.78, 5) is 67.9. The Labute approximate surface area is 243 Å². The molecule has 0 saturated heterocycles. The van der Waals surface area contributed by atoms with Crippen molar-refractivity contribution < 1.29 is 57.4 Å². The maximum absolute atomic E-state index is 8.48. The van der Waals surface area contributed by atoms with Crippen LogP contribution in [-0.4, -0.2) is 151 Å². The van der Waals surface area contributed by atoms with Gasteiger partial charge >= 0.3 is 151 Å². The molecule has 20 heteroatoms. The van der Waals surface area contributed by atoms with Crippen molar-refractivity contribution in [1.82, 2.24) is 0 Å². The van der Waals surface area contributed by atoms with Gasteiger partial charge in [-0.25, -0.2) is 0 Å². The van der Waals surface area contributed by atoms with Crippen molar-refractivity contribution in [3.8, 4) is 0 Å². The fourth-order valence-electron chi connectivity index (χ4n) is 0. The predicted octanol–water partition coefficient (Wildman–Crippen LogP) is -7.43. The molecule has 12 nitrogen and oxygen atoms in total. The molecule has 0 N–H and O–H groups in total. The summed E-state index contributed by atoms with van der Waals surface area (Å²) in [6.07, 6.45) is 0. The summed E-state index contributed by atoms with van der Waals surface area (Å²) in [5, 5.41) is 0. The quantitative estimate of drug-likeness (QED) is 0.226. The fourth-order valence-corrected chi connectivity index (χ4v) is 0. The van der Waals surface area contributed by atoms with E-state index in [0.717, 1.165) is 0 Å². The normalized spacial score (nSPS) is 4.95. The minimum atomic E-state index is -3.37. The van der Waals surface area contributed by atoms with Crippen molar-refractivity contribution in [2.45, 2.75) is 7.43 Å². The second-order valence-corrected chi connectivity index (χ2v) is 2.68. The molecule has 0 aromatic rings. The summed E-state index contributed by atoms with van der Waals surface area (Å²) in [6, 6.07) is 0. The van der Waals surface area contributed by atoms with Crippen molar-refractivity contribution in [1.29, 1.82) is 0 Å². The molecular formula is CH4Ca4O12P4+4. The Morgan fingerprint density at radius 1 is 0.381 bits per heavy atom. The van der Waals surface area contributed by atoms with E-state index in [2.05, 4.69) is 0 Å². The van der Waals surface area contributed by atoms with E-state index in [1.807, 2.05) is 0 Å². The van der Waals surface area contributed by atoms with Gasteiger partial charge in [0.05, 0.1) is 0 Å². The second kappa shape index (κ2) is 49.9. The summed E-state index contributed by atoms with van der Waals surface area (Å²) in [5.41, 5.74) is 0. The van der Waals surface area contributed by atoms with Crippen LogP contribution in [-0.2, 0) is 18.3 Å². The second-order valence-electron chi connectivity index (χ2n) is 0.894. The maximum atomic E-state index is 8.48. The third-order valence-corrected chi connectivity index (χ3v) is 0. The van der Waals surface area contributed by atoms with Gasteiger partial charge in [-0.15, -0.1) is 0 Å². The maximum Gasteiger partial charge on any atom is 2.00 e. The van der Waals surface area contributed by atoms with Crippen LogP contribution in [0.4, 0.5) is 0 Å². The van der Waals surface area contributed by atoms with Gasteiger partial charge in [0.25, 0.3) is 33.0 Å². The monoisotopic (exact) mass is 492 g/mol. The van der Waals surface area contributed by atoms with Crippen molar-refractivity contribution in [2.24, 2.45) is 0 Å². The number of hydrogen-bond donors (Lipinski definition) is 0. The molecule has 0 atom stereocenters. The Morgan fingerprint density at radius 3 is 0.381 bits per heavy atom. The van der Waals surface area contributed by atoms with Gasteiger partial charge in [-0.1, -0.05) is 25.7 Å². The first kappa shape index (κ1) is 56.2. The summed E-state index contributed by atoms with van der Waals surface area (Å²) in [6.45, 7) is 0. The molecule has 0 rings (SSSR count). The van der Waals surface area contributed by atoms with Crippen LogP contribution in [0.1, 0.15) is 7.43 Å². The van der Waals surface area contributed by atoms with Crippen LogP contribution in [0.5, 0.6) is 0 Å². The average molecular weight is 492 g/mol. The standard InChI is InChI=1S/CH4.4Ca.4HO3P/c;;;;;4*1-4(2)3/h1H4;;;;;4*(H,1,2,3)/q;4*+2;;;;/p-4. The summed E-state index contributed by atoms with van der Waals surface area (Å²) in [5.74, 6) is 0. The SMILES string of the molecule is C.O=[P+]([O-])[O-].O=[P+]([O-])[O-].O=[P+]([O-])[O-].O=[P+]([O-])[O-].[Ca+2].[Ca+2].[Ca+2].[Ca+2]. The van der Waals surface area contributed by atoms with E-state index in [9.17, 15) is 0 Å². The third kappa shape index (κ3) is 512. The Hall–Kier alpha value is 5.12. The average Bonchev–Trinajstić information content (AvgIpc) is 1.76. The minimum absolute atomic E-state index is 0. The van der Waals surface area contributed by atoms with E-state index in [1.165, 1.54) is 0 Å². The number of hydrogen-bond acceptors (Lipinski definition) is 12. The van der Waals surface area contributed by atoms with Crippen molar-refractivity contribution in [3.63, 3.8) is 0 Å². The van der Waals surface area contributed by atoms with Crippen LogP contribution in [0.2, 0.25) is 0 Å². The molecule has 0 amide bonds. The van der Waals surface area contributed by atoms with Gasteiger partial charge in [0.1, 0.15) is 0 Å². The molecule has 104 valence electrons. The molecule has 0 aromatic carbocycles. The van der Waals surface area contributed by atoms with Gasteiger partial charge in [-0.2, -0.15) is 0 Å². The van der Waals surface area contributed by atoms with E-state index in [0.29, 0.717) is 0 Å². The van der Waals surface area contributed by atoms with Gasteiger partial charge in [0, 0.05) is 0 Å². The molecule has 0 spiro atoms. The Balaban J connectivity index is -0.0000000121. The molecular weight excluding hydrogens is 488 g/mol. The minimum Gasteiger partial charge on any atom is -0.598 e. The largest absolute Gasteiger partial charge is 2.00 e. The molecule has 0 radical (unpaired) electrons. The van der Waals surface area contributed by atoms with Crippen molar-refractivity contribution >= 4 is 184 Å². The van der Waals surface area contributed by atoms with Gasteiger partial charge < -0.3 is 39.1 Å². The molecule has 0 aliphatic heterocycles. The molecule has 0 bridgehead atoms. The van der Waals surface area contributed by atoms with Crippen molar-refractivity contribution in [3.05, 3.63) is 0 Å². The van der Waals surface area contributed by atoms with Crippen LogP contribution < -0.4 is 39.1 Å². The van der Waals surface area contributed by atoms with Gasteiger partial charge in [-0.05, 0) is 0 Å². The van der Waals surface area contributed by atoms with E-state index in [-0.39, 0.29) is 158 Å². The Bertz CT molecular complexity index is 173. The molecule has 0 heterocycles. The van der Waals surface area contributed by atoms with E-state index in [1.54, 1.807) is 0 Å². The zero-order valence-electron chi connectivity index (χ0n) is 9.52. The topological polar surface area (TPSA) is 253 Å². The molecule has 21 heavy (non-hydrogen) atoms. The summed E-state index contributed by atoms with van der Waals surface area (Å²) < 4.78 is 33.9. The molecule has 0 fully saturated rings. The molecule has 0 aliphatic rings. The number of rotatable bonds is 0. The van der Waals surface area contributed by atoms with Crippen LogP contribution in [0.25, 0.3) is 0 Å². The molecule has 0 unspecified atom stereocenters. The summed E-state index contributed by atoms with van der Waals surface area (Å²) in [7, 11) is -13.5. The van der Waals surface area contributed by atoms with Crippen LogP contribution >= 0.6 is 33.0 Å². The molecule has 0 saturated carbocycles. The van der Waals surface area contributed by atoms with Crippen LogP contribution in [0, 0.1) is 0 Å². The summed E-state index contributed by atoms with van der Waals surface area (Å²) >= 11 is 0. The van der Waals surface area contributed by atoms with E-state index in [4.69, 9.17) is 57.4 Å². The predicted molar refractivity (Wildman–Crippen MR) is 60.2 cm³/mol. The first-order valence-corrected chi connectivity index (χ1v) is 6.57. The van der Waals surface area contributed by atoms with Gasteiger partial charge in [0.15, 0.2) is 0 Å². The van der Waals surface area contributed by atoms with Gasteiger partial charge in [0.2, 0.25) is 0 Å². The Morgan fingerprint density at radius 2 is 0.381 bits per heavy atom. The zero-order valence-corrected chi connectivity index (χ0v) is 21.9. The molecule has 0 aromatic heterocycles. The third-order valence-electron chi connectivity index (χ3n) is 0. The van der Waals surface area contributed by atoms with Crippen LogP contribution in [0.15, 0.2) is 0 Å². The smallest absolute Gasteiger partial charge is 0.598 e. The van der Waals surface area contributed by atoms with Crippen LogP contribution in [0.3, 0.4) is 0 Å². The first-order chi connectivity index (χ1) is 6.93. The first-order valence-electron chi connectivity index (χ1n) is 2.19. The Kier molecular flexibility index (Phi) is 134. The van der Waals surface area contributed by atoms with E-state index < -0.39 is 33.0 Å². The van der Waals surface area contributed by atoms with E-state index >= 15 is 0 Å². The fraction of sp³-hybridized carbons (Fsp3) is 1.00. The molecule has 0 aliphatic carbocycles. The van der Waals surface area contributed by atoms with Gasteiger partial charge in [-0.3, -0.25) is 0 Å². The van der Waals surface area contributed by atoms with Crippen molar-refractivity contribution in [2.75, 3.05) is 0 Å².